The number of H-pyrrole nitrogens is 1. The molecule has 10 heteroatoms. The molecule has 170 valence electrons. The first-order valence-corrected chi connectivity index (χ1v) is 10.6. The van der Waals surface area contributed by atoms with Crippen LogP contribution in [0, 0.1) is 20.8 Å². The largest absolute Gasteiger partial charge is 0.384 e. The van der Waals surface area contributed by atoms with Crippen molar-refractivity contribution < 1.29 is 18.6 Å². The van der Waals surface area contributed by atoms with Crippen molar-refractivity contribution in [1.29, 1.82) is 0 Å². The van der Waals surface area contributed by atoms with E-state index in [0.717, 1.165) is 22.5 Å². The van der Waals surface area contributed by atoms with Gasteiger partial charge in [-0.05, 0) is 27.2 Å². The summed E-state index contributed by atoms with van der Waals surface area (Å²) in [5.41, 5.74) is 3.94. The zero-order chi connectivity index (χ0) is 22.8. The molecule has 1 aliphatic heterocycles. The van der Waals surface area contributed by atoms with Crippen LogP contribution in [-0.4, -0.2) is 57.9 Å². The SMILES string of the molecule is COCCc1nc2c(c(=O)[nH]1)CCN(C(=O)c1noc(C)c1Cc1c(C)noc1C)CC2. The van der Waals surface area contributed by atoms with Crippen molar-refractivity contribution in [2.45, 2.75) is 46.5 Å². The van der Waals surface area contributed by atoms with Crippen molar-refractivity contribution in [2.24, 2.45) is 0 Å². The number of nitrogens with zero attached hydrogens (tertiary/aromatic N) is 4. The number of carbonyl (C=O) groups excluding carboxylic acids is 1. The third kappa shape index (κ3) is 4.22. The van der Waals surface area contributed by atoms with E-state index in [9.17, 15) is 9.59 Å². The monoisotopic (exact) mass is 441 g/mol. The van der Waals surface area contributed by atoms with E-state index in [1.165, 1.54) is 0 Å². The van der Waals surface area contributed by atoms with Crippen LogP contribution in [0.1, 0.15) is 55.9 Å². The van der Waals surface area contributed by atoms with E-state index in [-0.39, 0.29) is 17.2 Å². The highest BCUT2D eigenvalue weighted by atomic mass is 16.5. The van der Waals surface area contributed by atoms with Gasteiger partial charge in [0.25, 0.3) is 11.5 Å². The minimum Gasteiger partial charge on any atom is -0.384 e. The normalized spacial score (nSPS) is 13.8. The highest BCUT2D eigenvalue weighted by Gasteiger charge is 2.28. The van der Waals surface area contributed by atoms with Crippen LogP contribution in [0.25, 0.3) is 0 Å². The lowest BCUT2D eigenvalue weighted by Gasteiger charge is -2.19. The second kappa shape index (κ2) is 9.07. The van der Waals surface area contributed by atoms with Crippen LogP contribution in [0.3, 0.4) is 0 Å². The van der Waals surface area contributed by atoms with Crippen LogP contribution >= 0.6 is 0 Å². The molecule has 0 aliphatic carbocycles. The Bertz CT molecular complexity index is 1170. The molecule has 32 heavy (non-hydrogen) atoms. The lowest BCUT2D eigenvalue weighted by molar-refractivity contribution is 0.0751. The molecular weight excluding hydrogens is 414 g/mol. The van der Waals surface area contributed by atoms with Crippen molar-refractivity contribution in [3.05, 3.63) is 61.5 Å². The maximum atomic E-state index is 13.4. The predicted molar refractivity (Wildman–Crippen MR) is 114 cm³/mol. The summed E-state index contributed by atoms with van der Waals surface area (Å²) in [6, 6.07) is 0. The molecule has 4 rings (SSSR count). The molecule has 0 atom stereocenters. The zero-order valence-corrected chi connectivity index (χ0v) is 18.8. The van der Waals surface area contributed by atoms with Crippen molar-refractivity contribution in [3.63, 3.8) is 0 Å². The second-order valence-electron chi connectivity index (χ2n) is 8.02. The number of hydrogen-bond donors (Lipinski definition) is 1. The van der Waals surface area contributed by atoms with Crippen LogP contribution in [0.2, 0.25) is 0 Å². The molecule has 0 spiro atoms. The third-order valence-corrected chi connectivity index (χ3v) is 5.95. The second-order valence-corrected chi connectivity index (χ2v) is 8.02. The Balaban J connectivity index is 1.55. The van der Waals surface area contributed by atoms with Crippen molar-refractivity contribution >= 4 is 5.91 Å². The summed E-state index contributed by atoms with van der Waals surface area (Å²) in [5.74, 6) is 1.69. The number of amides is 1. The smallest absolute Gasteiger partial charge is 0.276 e. The Labute approximate surface area is 184 Å². The maximum absolute atomic E-state index is 13.4. The van der Waals surface area contributed by atoms with E-state index in [2.05, 4.69) is 20.3 Å². The number of rotatable bonds is 6. The predicted octanol–water partition coefficient (Wildman–Crippen LogP) is 1.69. The lowest BCUT2D eigenvalue weighted by Crippen LogP contribution is -2.34. The summed E-state index contributed by atoms with van der Waals surface area (Å²) in [6.45, 7) is 6.84. The van der Waals surface area contributed by atoms with Crippen LogP contribution in [0.4, 0.5) is 0 Å². The number of aromatic nitrogens is 4. The highest BCUT2D eigenvalue weighted by Crippen LogP contribution is 2.24. The van der Waals surface area contributed by atoms with Gasteiger partial charge in [0.05, 0.1) is 18.0 Å². The van der Waals surface area contributed by atoms with Crippen molar-refractivity contribution in [1.82, 2.24) is 25.2 Å². The fourth-order valence-electron chi connectivity index (χ4n) is 4.03. The molecule has 1 aliphatic rings. The highest BCUT2D eigenvalue weighted by molar-refractivity contribution is 5.94. The third-order valence-electron chi connectivity index (χ3n) is 5.95. The average Bonchev–Trinajstić information content (AvgIpc) is 3.19. The summed E-state index contributed by atoms with van der Waals surface area (Å²) in [4.78, 5) is 35.1. The molecule has 1 amide bonds. The summed E-state index contributed by atoms with van der Waals surface area (Å²) in [7, 11) is 1.61. The molecule has 10 nitrogen and oxygen atoms in total. The number of aryl methyl sites for hydroxylation is 3. The Morgan fingerprint density at radius 3 is 2.53 bits per heavy atom. The number of nitrogens with one attached hydrogen (secondary N) is 1. The van der Waals surface area contributed by atoms with Gasteiger partial charge in [0.15, 0.2) is 5.69 Å². The lowest BCUT2D eigenvalue weighted by atomic mass is 10.0. The molecule has 0 unspecified atom stereocenters. The standard InChI is InChI=1S/C22H27N5O5/c1-12-16(13(2)31-25-12)11-17-14(3)32-26-20(17)22(29)27-8-5-15-18(6-9-27)23-19(7-10-30-4)24-21(15)28/h5-11H2,1-4H3,(H,23,24,28). The number of aromatic amines is 1. The zero-order valence-electron chi connectivity index (χ0n) is 18.8. The first-order valence-electron chi connectivity index (χ1n) is 10.6. The van der Waals surface area contributed by atoms with Crippen LogP contribution in [0.15, 0.2) is 13.8 Å². The van der Waals surface area contributed by atoms with E-state index in [1.54, 1.807) is 18.9 Å². The molecule has 0 aromatic carbocycles. The van der Waals surface area contributed by atoms with Gasteiger partial charge < -0.3 is 23.7 Å². The average molecular weight is 441 g/mol. The van der Waals surface area contributed by atoms with Gasteiger partial charge in [-0.15, -0.1) is 0 Å². The Hall–Kier alpha value is -3.27. The number of hydrogen-bond acceptors (Lipinski definition) is 8. The summed E-state index contributed by atoms with van der Waals surface area (Å²) in [6.07, 6.45) is 1.92. The van der Waals surface area contributed by atoms with Crippen molar-refractivity contribution in [3.8, 4) is 0 Å². The van der Waals surface area contributed by atoms with Gasteiger partial charge in [-0.1, -0.05) is 10.3 Å². The van der Waals surface area contributed by atoms with Crippen LogP contribution in [0.5, 0.6) is 0 Å². The number of carbonyl (C=O) groups is 1. The Kier molecular flexibility index (Phi) is 6.22. The topological polar surface area (TPSA) is 127 Å². The van der Waals surface area contributed by atoms with E-state index < -0.39 is 0 Å². The van der Waals surface area contributed by atoms with Gasteiger partial charge in [-0.25, -0.2) is 4.98 Å². The molecule has 4 heterocycles. The molecular formula is C22H27N5O5. The van der Waals surface area contributed by atoms with E-state index in [4.69, 9.17) is 13.8 Å². The van der Waals surface area contributed by atoms with Crippen molar-refractivity contribution in [2.75, 3.05) is 26.8 Å². The molecule has 0 fully saturated rings. The minimum absolute atomic E-state index is 0.147. The fourth-order valence-corrected chi connectivity index (χ4v) is 4.03. The molecule has 3 aromatic rings. The van der Waals surface area contributed by atoms with Crippen LogP contribution < -0.4 is 5.56 Å². The molecule has 0 saturated carbocycles. The van der Waals surface area contributed by atoms with Gasteiger partial charge in [0, 0.05) is 56.2 Å². The van der Waals surface area contributed by atoms with Crippen LogP contribution in [-0.2, 0) is 30.4 Å². The molecule has 1 N–H and O–H groups in total. The number of fused-ring (bicyclic) bond motifs is 1. The van der Waals surface area contributed by atoms with Gasteiger partial charge in [-0.3, -0.25) is 9.59 Å². The van der Waals surface area contributed by atoms with E-state index in [0.29, 0.717) is 68.3 Å². The minimum atomic E-state index is -0.215. The summed E-state index contributed by atoms with van der Waals surface area (Å²) < 4.78 is 15.7. The van der Waals surface area contributed by atoms with Gasteiger partial charge in [0.2, 0.25) is 0 Å². The fraction of sp³-hybridized carbons (Fsp3) is 0.500. The Morgan fingerprint density at radius 2 is 1.81 bits per heavy atom. The Morgan fingerprint density at radius 1 is 1.09 bits per heavy atom. The van der Waals surface area contributed by atoms with E-state index in [1.807, 2.05) is 13.8 Å². The first-order chi connectivity index (χ1) is 15.4. The quantitative estimate of drug-likeness (QED) is 0.612. The molecule has 0 bridgehead atoms. The first kappa shape index (κ1) is 21.9. The summed E-state index contributed by atoms with van der Waals surface area (Å²) in [5, 5.41) is 8.05. The molecule has 0 radical (unpaired) electrons. The van der Waals surface area contributed by atoms with Gasteiger partial charge in [-0.2, -0.15) is 0 Å². The van der Waals surface area contributed by atoms with Gasteiger partial charge in [0.1, 0.15) is 17.3 Å². The number of methoxy groups -OCH3 is 1. The summed E-state index contributed by atoms with van der Waals surface area (Å²) >= 11 is 0. The van der Waals surface area contributed by atoms with Gasteiger partial charge >= 0.3 is 0 Å². The molecule has 0 saturated heterocycles. The van der Waals surface area contributed by atoms with E-state index >= 15 is 0 Å². The maximum Gasteiger partial charge on any atom is 0.276 e. The number of ether oxygens (including phenoxy) is 1. The molecule has 3 aromatic heterocycles.